The lowest BCUT2D eigenvalue weighted by Crippen LogP contribution is -2.21. The van der Waals surface area contributed by atoms with E-state index in [4.69, 9.17) is 9.47 Å². The molecule has 3 rings (SSSR count). The van der Waals surface area contributed by atoms with Crippen molar-refractivity contribution in [2.75, 3.05) is 27.4 Å². The zero-order valence-electron chi connectivity index (χ0n) is 17.8. The quantitative estimate of drug-likeness (QED) is 0.361. The molecule has 172 valence electrons. The summed E-state index contributed by atoms with van der Waals surface area (Å²) in [7, 11) is 3.32. The van der Waals surface area contributed by atoms with Gasteiger partial charge in [-0.05, 0) is 37.2 Å². The molecule has 0 radical (unpaired) electrons. The van der Waals surface area contributed by atoms with Crippen molar-refractivity contribution in [3.8, 4) is 5.75 Å². The Hall–Kier alpha value is -2.89. The number of halogens is 2. The molecule has 2 aromatic heterocycles. The van der Waals surface area contributed by atoms with E-state index >= 15 is 0 Å². The van der Waals surface area contributed by atoms with E-state index in [0.717, 1.165) is 16.9 Å². The molecule has 0 amide bonds. The minimum atomic E-state index is -2.89. The molecule has 0 fully saturated rings. The van der Waals surface area contributed by atoms with E-state index in [1.54, 1.807) is 19.1 Å². The number of fused-ring (bicyclic) bond motifs is 1. The highest BCUT2D eigenvalue weighted by Crippen LogP contribution is 2.28. The van der Waals surface area contributed by atoms with Crippen LogP contribution in [0.4, 0.5) is 8.78 Å². The minimum Gasteiger partial charge on any atom is -0.459 e. The molecule has 0 saturated heterocycles. The largest absolute Gasteiger partial charge is 0.459 e. The Kier molecular flexibility index (Phi) is 7.89. The average Bonchev–Trinajstić information content (AvgIpc) is 3.04. The molecule has 0 aliphatic heterocycles. The third-order valence-electron chi connectivity index (χ3n) is 4.55. The summed E-state index contributed by atoms with van der Waals surface area (Å²) in [5.41, 5.74) is 0.953. The van der Waals surface area contributed by atoms with Crippen molar-refractivity contribution >= 4 is 27.5 Å². The van der Waals surface area contributed by atoms with Crippen molar-refractivity contribution in [3.63, 3.8) is 0 Å². The third kappa shape index (κ3) is 5.87. The van der Waals surface area contributed by atoms with Gasteiger partial charge in [0.25, 0.3) is 5.56 Å². The number of nitrogens with one attached hydrogen (secondary N) is 1. The van der Waals surface area contributed by atoms with Gasteiger partial charge in [0.05, 0.1) is 18.5 Å². The Morgan fingerprint density at radius 3 is 2.78 bits per heavy atom. The van der Waals surface area contributed by atoms with Gasteiger partial charge in [-0.2, -0.15) is 8.78 Å². The summed E-state index contributed by atoms with van der Waals surface area (Å²) in [6.07, 6.45) is 0. The van der Waals surface area contributed by atoms with Crippen LogP contribution in [0.2, 0.25) is 0 Å². The number of aryl methyl sites for hydroxylation is 1. The van der Waals surface area contributed by atoms with E-state index < -0.39 is 12.6 Å². The number of carbonyl (C=O) groups excluding carboxylic acids is 1. The van der Waals surface area contributed by atoms with Gasteiger partial charge in [-0.1, -0.05) is 12.1 Å². The Morgan fingerprint density at radius 1 is 1.28 bits per heavy atom. The van der Waals surface area contributed by atoms with E-state index in [9.17, 15) is 18.4 Å². The molecule has 3 aromatic rings. The Labute approximate surface area is 186 Å². The van der Waals surface area contributed by atoms with Gasteiger partial charge in [-0.15, -0.1) is 11.3 Å². The van der Waals surface area contributed by atoms with Gasteiger partial charge in [0, 0.05) is 13.7 Å². The third-order valence-corrected chi connectivity index (χ3v) is 5.72. The molecular formula is C21H23F2N3O5S. The summed E-state index contributed by atoms with van der Waals surface area (Å²) < 4.78 is 39.3. The smallest absolute Gasteiger partial charge is 0.387 e. The number of aromatic amines is 1. The first-order valence-corrected chi connectivity index (χ1v) is 10.5. The predicted octanol–water partition coefficient (Wildman–Crippen LogP) is 3.33. The zero-order valence-corrected chi connectivity index (χ0v) is 18.6. The molecule has 2 heterocycles. The number of esters is 1. The number of H-pyrrole nitrogens is 1. The summed E-state index contributed by atoms with van der Waals surface area (Å²) in [6.45, 7) is -0.0870. The van der Waals surface area contributed by atoms with Crippen molar-refractivity contribution in [2.45, 2.75) is 26.6 Å². The molecule has 0 saturated carbocycles. The molecule has 11 heteroatoms. The van der Waals surface area contributed by atoms with Crippen LogP contribution in [0.15, 0.2) is 29.1 Å². The fourth-order valence-corrected chi connectivity index (χ4v) is 4.28. The fourth-order valence-electron chi connectivity index (χ4n) is 3.18. The maximum atomic E-state index is 12.6. The van der Waals surface area contributed by atoms with Gasteiger partial charge in [0.1, 0.15) is 27.9 Å². The molecule has 0 aliphatic rings. The summed E-state index contributed by atoms with van der Waals surface area (Å²) in [6, 6.07) is 6.42. The molecule has 0 aliphatic carbocycles. The van der Waals surface area contributed by atoms with Crippen molar-refractivity contribution in [2.24, 2.45) is 0 Å². The highest BCUT2D eigenvalue weighted by molar-refractivity contribution is 7.20. The Balaban J connectivity index is 1.75. The van der Waals surface area contributed by atoms with E-state index in [1.807, 2.05) is 11.9 Å². The summed E-state index contributed by atoms with van der Waals surface area (Å²) in [4.78, 5) is 34.8. The maximum Gasteiger partial charge on any atom is 0.387 e. The standard InChI is InChI=1S/C21H23F2N3O5S/c1-12-16-18(27)24-15(25-19(16)32-17(12)20(28)30-8-7-29-3)11-26(2)10-13-5-4-6-14(9-13)31-21(22)23/h4-6,9,21H,7-8,10-11H2,1-3H3,(H,24,25,27). The predicted molar refractivity (Wildman–Crippen MR) is 115 cm³/mol. The number of hydrogen-bond acceptors (Lipinski definition) is 8. The van der Waals surface area contributed by atoms with E-state index in [1.165, 1.54) is 19.2 Å². The van der Waals surface area contributed by atoms with E-state index in [2.05, 4.69) is 14.7 Å². The Bertz CT molecular complexity index is 1150. The number of nitrogens with zero attached hydrogens (tertiary/aromatic N) is 2. The van der Waals surface area contributed by atoms with E-state index in [-0.39, 0.29) is 24.5 Å². The van der Waals surface area contributed by atoms with Crippen LogP contribution in [0.3, 0.4) is 0 Å². The first-order chi connectivity index (χ1) is 15.3. The lowest BCUT2D eigenvalue weighted by atomic mass is 10.2. The summed E-state index contributed by atoms with van der Waals surface area (Å²) >= 11 is 1.10. The fraction of sp³-hybridized carbons (Fsp3) is 0.381. The Morgan fingerprint density at radius 2 is 2.06 bits per heavy atom. The number of benzene rings is 1. The molecule has 0 atom stereocenters. The number of carbonyl (C=O) groups is 1. The van der Waals surface area contributed by atoms with Gasteiger partial charge >= 0.3 is 12.6 Å². The highest BCUT2D eigenvalue weighted by Gasteiger charge is 2.20. The lowest BCUT2D eigenvalue weighted by Gasteiger charge is -2.16. The molecule has 8 nitrogen and oxygen atoms in total. The number of thiophene rings is 1. The topological polar surface area (TPSA) is 93.8 Å². The maximum absolute atomic E-state index is 12.6. The number of methoxy groups -OCH3 is 1. The molecule has 1 N–H and O–H groups in total. The second kappa shape index (κ2) is 10.6. The van der Waals surface area contributed by atoms with Crippen LogP contribution in [0.25, 0.3) is 10.2 Å². The molecule has 0 bridgehead atoms. The van der Waals surface area contributed by atoms with Crippen LogP contribution < -0.4 is 10.3 Å². The first-order valence-electron chi connectivity index (χ1n) is 9.69. The number of ether oxygens (including phenoxy) is 3. The van der Waals surface area contributed by atoms with Crippen LogP contribution in [0.1, 0.15) is 26.6 Å². The van der Waals surface area contributed by atoms with Gasteiger partial charge < -0.3 is 19.2 Å². The van der Waals surface area contributed by atoms with Gasteiger partial charge in [-0.25, -0.2) is 9.78 Å². The summed E-state index contributed by atoms with van der Waals surface area (Å²) in [5.74, 6) is -0.0186. The summed E-state index contributed by atoms with van der Waals surface area (Å²) in [5, 5.41) is 0.358. The number of alkyl halides is 2. The van der Waals surface area contributed by atoms with Crippen LogP contribution >= 0.6 is 11.3 Å². The average molecular weight is 467 g/mol. The molecule has 0 spiro atoms. The van der Waals surface area contributed by atoms with Crippen molar-refractivity contribution < 1.29 is 27.8 Å². The molecule has 1 aromatic carbocycles. The monoisotopic (exact) mass is 467 g/mol. The molecular weight excluding hydrogens is 444 g/mol. The molecule has 32 heavy (non-hydrogen) atoms. The second-order valence-electron chi connectivity index (χ2n) is 7.08. The van der Waals surface area contributed by atoms with Gasteiger partial charge in [0.15, 0.2) is 0 Å². The number of rotatable bonds is 10. The first kappa shape index (κ1) is 23.8. The van der Waals surface area contributed by atoms with Crippen molar-refractivity contribution in [1.82, 2.24) is 14.9 Å². The minimum absolute atomic E-state index is 0.0813. The molecule has 0 unspecified atom stereocenters. The van der Waals surface area contributed by atoms with Crippen molar-refractivity contribution in [3.05, 3.63) is 56.4 Å². The SMILES string of the molecule is COCCOC(=O)c1sc2nc(CN(C)Cc3cccc(OC(F)F)c3)[nH]c(=O)c2c1C. The number of aromatic nitrogens is 2. The van der Waals surface area contributed by atoms with Gasteiger partial charge in [-0.3, -0.25) is 9.69 Å². The highest BCUT2D eigenvalue weighted by atomic mass is 32.1. The van der Waals surface area contributed by atoms with Gasteiger partial charge in [0.2, 0.25) is 0 Å². The van der Waals surface area contributed by atoms with Crippen LogP contribution in [0, 0.1) is 6.92 Å². The van der Waals surface area contributed by atoms with Crippen LogP contribution in [0.5, 0.6) is 5.75 Å². The van der Waals surface area contributed by atoms with Crippen molar-refractivity contribution in [1.29, 1.82) is 0 Å². The lowest BCUT2D eigenvalue weighted by molar-refractivity contribution is -0.0499. The number of hydrogen-bond donors (Lipinski definition) is 1. The van der Waals surface area contributed by atoms with Crippen LogP contribution in [-0.4, -0.2) is 54.8 Å². The second-order valence-corrected chi connectivity index (χ2v) is 8.07. The van der Waals surface area contributed by atoms with E-state index in [0.29, 0.717) is 39.6 Å². The zero-order chi connectivity index (χ0) is 23.3. The van der Waals surface area contributed by atoms with Crippen LogP contribution in [-0.2, 0) is 22.6 Å². The normalized spacial score (nSPS) is 11.5.